The second kappa shape index (κ2) is 9.82. The Kier molecular flexibility index (Phi) is 8.09. The number of rotatable bonds is 9. The fraction of sp³-hybridized carbons (Fsp3) is 0.474. The van der Waals surface area contributed by atoms with Crippen LogP contribution in [-0.4, -0.2) is 23.0 Å². The number of carboxylic acid groups (broad SMARTS) is 1. The highest BCUT2D eigenvalue weighted by atomic mass is 16.4. The van der Waals surface area contributed by atoms with Crippen molar-refractivity contribution in [3.05, 3.63) is 41.5 Å². The molecule has 0 aliphatic heterocycles. The van der Waals surface area contributed by atoms with Gasteiger partial charge in [-0.15, -0.1) is 0 Å². The van der Waals surface area contributed by atoms with Crippen molar-refractivity contribution >= 4 is 17.4 Å². The molecule has 0 saturated carbocycles. The number of nitrogens with one attached hydrogen (secondary N) is 1. The molecule has 1 amide bonds. The van der Waals surface area contributed by atoms with Gasteiger partial charge in [0.05, 0.1) is 0 Å². The summed E-state index contributed by atoms with van der Waals surface area (Å²) in [7, 11) is 0. The van der Waals surface area contributed by atoms with Crippen LogP contribution in [0.4, 0.5) is 0 Å². The molecule has 1 rings (SSSR count). The zero-order chi connectivity index (χ0) is 17.2. The highest BCUT2D eigenvalue weighted by Crippen LogP contribution is 2.17. The van der Waals surface area contributed by atoms with Crippen LogP contribution in [0.25, 0.3) is 5.57 Å². The van der Waals surface area contributed by atoms with E-state index in [9.17, 15) is 9.59 Å². The number of hydrogen-bond donors (Lipinski definition) is 2. The minimum atomic E-state index is -0.727. The summed E-state index contributed by atoms with van der Waals surface area (Å²) >= 11 is 0. The third kappa shape index (κ3) is 8.19. The second-order valence-corrected chi connectivity index (χ2v) is 6.03. The number of benzene rings is 1. The van der Waals surface area contributed by atoms with E-state index in [1.807, 2.05) is 6.92 Å². The van der Waals surface area contributed by atoms with Gasteiger partial charge in [0.1, 0.15) is 0 Å². The lowest BCUT2D eigenvalue weighted by Gasteiger charge is -2.12. The first-order valence-electron chi connectivity index (χ1n) is 8.13. The molecule has 4 heteroatoms. The van der Waals surface area contributed by atoms with E-state index in [0.29, 0.717) is 0 Å². The first kappa shape index (κ1) is 18.9. The molecule has 1 unspecified atom stereocenters. The van der Waals surface area contributed by atoms with Crippen molar-refractivity contribution in [1.29, 1.82) is 0 Å². The molecule has 0 aromatic heterocycles. The molecule has 0 aliphatic carbocycles. The Morgan fingerprint density at radius 1 is 1.17 bits per heavy atom. The molecule has 0 aliphatic rings. The summed E-state index contributed by atoms with van der Waals surface area (Å²) in [6.45, 7) is 5.61. The SMILES string of the molecule is CC(=O)NC(C)Cc1ccc(C(C)=CCCCCC(=O)O)cc1. The van der Waals surface area contributed by atoms with Crippen LogP contribution < -0.4 is 5.32 Å². The van der Waals surface area contributed by atoms with Gasteiger partial charge in [-0.25, -0.2) is 0 Å². The average Bonchev–Trinajstić information content (AvgIpc) is 2.46. The van der Waals surface area contributed by atoms with Gasteiger partial charge < -0.3 is 10.4 Å². The summed E-state index contributed by atoms with van der Waals surface area (Å²) in [5.41, 5.74) is 3.59. The zero-order valence-electron chi connectivity index (χ0n) is 14.3. The fourth-order valence-electron chi connectivity index (χ4n) is 2.51. The predicted octanol–water partition coefficient (Wildman–Crippen LogP) is 3.80. The van der Waals surface area contributed by atoms with Crippen molar-refractivity contribution in [3.8, 4) is 0 Å². The number of hydrogen-bond acceptors (Lipinski definition) is 2. The van der Waals surface area contributed by atoms with E-state index >= 15 is 0 Å². The van der Waals surface area contributed by atoms with Crippen molar-refractivity contribution in [2.24, 2.45) is 0 Å². The van der Waals surface area contributed by atoms with E-state index in [-0.39, 0.29) is 18.4 Å². The Hall–Kier alpha value is -2.10. The first-order chi connectivity index (χ1) is 10.9. The van der Waals surface area contributed by atoms with E-state index in [1.54, 1.807) is 0 Å². The number of amides is 1. The Labute approximate surface area is 138 Å². The quantitative estimate of drug-likeness (QED) is 0.681. The molecule has 2 N–H and O–H groups in total. The summed E-state index contributed by atoms with van der Waals surface area (Å²) in [4.78, 5) is 21.5. The van der Waals surface area contributed by atoms with Crippen LogP contribution in [0.2, 0.25) is 0 Å². The normalized spacial score (nSPS) is 12.7. The molecule has 0 spiro atoms. The number of unbranched alkanes of at least 4 members (excludes halogenated alkanes) is 2. The van der Waals surface area contributed by atoms with Crippen molar-refractivity contribution in [1.82, 2.24) is 5.32 Å². The van der Waals surface area contributed by atoms with Gasteiger partial charge in [-0.05, 0) is 56.2 Å². The van der Waals surface area contributed by atoms with Gasteiger partial charge in [0.25, 0.3) is 0 Å². The molecule has 0 heterocycles. The van der Waals surface area contributed by atoms with Gasteiger partial charge >= 0.3 is 5.97 Å². The van der Waals surface area contributed by atoms with E-state index in [4.69, 9.17) is 5.11 Å². The summed E-state index contributed by atoms with van der Waals surface area (Å²) in [6, 6.07) is 8.51. The number of allylic oxidation sites excluding steroid dienone is 2. The van der Waals surface area contributed by atoms with Crippen molar-refractivity contribution in [2.75, 3.05) is 0 Å². The van der Waals surface area contributed by atoms with Gasteiger partial charge in [0.15, 0.2) is 0 Å². The van der Waals surface area contributed by atoms with E-state index in [0.717, 1.165) is 25.7 Å². The third-order valence-electron chi connectivity index (χ3n) is 3.70. The molecule has 23 heavy (non-hydrogen) atoms. The van der Waals surface area contributed by atoms with Gasteiger partial charge in [0.2, 0.25) is 5.91 Å². The standard InChI is InChI=1S/C19H27NO3/c1-14(7-5-4-6-8-19(22)23)18-11-9-17(10-12-18)13-15(2)20-16(3)21/h7,9-12,15H,4-6,8,13H2,1-3H3,(H,20,21)(H,22,23). The second-order valence-electron chi connectivity index (χ2n) is 6.03. The molecule has 0 radical (unpaired) electrons. The maximum absolute atomic E-state index is 11.0. The minimum absolute atomic E-state index is 0.00389. The molecular weight excluding hydrogens is 290 g/mol. The molecule has 4 nitrogen and oxygen atoms in total. The summed E-state index contributed by atoms with van der Waals surface area (Å²) in [6.07, 6.45) is 5.75. The first-order valence-corrected chi connectivity index (χ1v) is 8.13. The molecule has 126 valence electrons. The number of carboxylic acids is 1. The lowest BCUT2D eigenvalue weighted by molar-refractivity contribution is -0.137. The average molecular weight is 317 g/mol. The molecule has 0 saturated heterocycles. The van der Waals surface area contributed by atoms with Crippen LogP contribution in [0.15, 0.2) is 30.3 Å². The highest BCUT2D eigenvalue weighted by Gasteiger charge is 2.05. The lowest BCUT2D eigenvalue weighted by atomic mass is 10.0. The fourth-order valence-corrected chi connectivity index (χ4v) is 2.51. The third-order valence-corrected chi connectivity index (χ3v) is 3.70. The number of carbonyl (C=O) groups excluding carboxylic acids is 1. The monoisotopic (exact) mass is 317 g/mol. The summed E-state index contributed by atoms with van der Waals surface area (Å²) in [5, 5.41) is 11.5. The highest BCUT2D eigenvalue weighted by molar-refractivity contribution is 5.73. The van der Waals surface area contributed by atoms with Crippen molar-refractivity contribution in [3.63, 3.8) is 0 Å². The minimum Gasteiger partial charge on any atom is -0.481 e. The molecule has 0 bridgehead atoms. The van der Waals surface area contributed by atoms with Crippen LogP contribution >= 0.6 is 0 Å². The van der Waals surface area contributed by atoms with Crippen LogP contribution in [0.3, 0.4) is 0 Å². The summed E-state index contributed by atoms with van der Waals surface area (Å²) < 4.78 is 0. The van der Waals surface area contributed by atoms with Gasteiger partial charge in [-0.2, -0.15) is 0 Å². The van der Waals surface area contributed by atoms with Gasteiger partial charge in [-0.1, -0.05) is 30.3 Å². The Bertz CT molecular complexity index is 546. The van der Waals surface area contributed by atoms with Crippen LogP contribution in [0.1, 0.15) is 57.6 Å². The van der Waals surface area contributed by atoms with Crippen LogP contribution in [-0.2, 0) is 16.0 Å². The van der Waals surface area contributed by atoms with Crippen molar-refractivity contribution < 1.29 is 14.7 Å². The molecule has 0 fully saturated rings. The summed E-state index contributed by atoms with van der Waals surface area (Å²) in [5.74, 6) is -0.731. The Balaban J connectivity index is 2.48. The molecular formula is C19H27NO3. The molecule has 1 aromatic carbocycles. The van der Waals surface area contributed by atoms with Gasteiger partial charge in [0, 0.05) is 19.4 Å². The topological polar surface area (TPSA) is 66.4 Å². The maximum atomic E-state index is 11.0. The van der Waals surface area contributed by atoms with Gasteiger partial charge in [-0.3, -0.25) is 9.59 Å². The largest absolute Gasteiger partial charge is 0.481 e. The van der Waals surface area contributed by atoms with Crippen molar-refractivity contribution in [2.45, 2.75) is 58.9 Å². The van der Waals surface area contributed by atoms with E-state index in [1.165, 1.54) is 23.6 Å². The van der Waals surface area contributed by atoms with E-state index < -0.39 is 5.97 Å². The molecule has 1 atom stereocenters. The molecule has 1 aromatic rings. The Morgan fingerprint density at radius 2 is 1.83 bits per heavy atom. The smallest absolute Gasteiger partial charge is 0.303 e. The van der Waals surface area contributed by atoms with E-state index in [2.05, 4.69) is 42.6 Å². The zero-order valence-corrected chi connectivity index (χ0v) is 14.3. The maximum Gasteiger partial charge on any atom is 0.303 e. The Morgan fingerprint density at radius 3 is 2.39 bits per heavy atom. The van der Waals surface area contributed by atoms with Crippen LogP contribution in [0, 0.1) is 0 Å². The number of aliphatic carboxylic acids is 1. The van der Waals surface area contributed by atoms with Crippen LogP contribution in [0.5, 0.6) is 0 Å². The lowest BCUT2D eigenvalue weighted by Crippen LogP contribution is -2.31. The number of carbonyl (C=O) groups is 2. The predicted molar refractivity (Wildman–Crippen MR) is 93.2 cm³/mol.